The van der Waals surface area contributed by atoms with Gasteiger partial charge in [-0.1, -0.05) is 81.4 Å². The van der Waals surface area contributed by atoms with Gasteiger partial charge in [0.05, 0.1) is 16.6 Å². The van der Waals surface area contributed by atoms with E-state index in [0.717, 1.165) is 92.1 Å². The Labute approximate surface area is 517 Å². The number of fused-ring (bicyclic) bond motifs is 10. The molecule has 0 amide bonds. The molecular formula is C79H65N5OPt-2. The normalized spacial score (nSPS) is 13.3. The van der Waals surface area contributed by atoms with Gasteiger partial charge in [-0.05, 0) is 35.0 Å². The zero-order chi connectivity index (χ0) is 61.6. The molecule has 86 heavy (non-hydrogen) atoms. The summed E-state index contributed by atoms with van der Waals surface area (Å²) in [6.07, 6.45) is 1.72. The van der Waals surface area contributed by atoms with E-state index in [1.54, 1.807) is 12.3 Å². The van der Waals surface area contributed by atoms with Crippen LogP contribution in [0.4, 0.5) is 0 Å². The molecule has 0 spiro atoms. The fourth-order valence-corrected chi connectivity index (χ4v) is 14.0. The molecule has 0 atom stereocenters. The average molecular weight is 1300 g/mol. The van der Waals surface area contributed by atoms with Crippen LogP contribution in [0.1, 0.15) is 88.7 Å². The molecule has 0 aliphatic rings. The summed E-state index contributed by atoms with van der Waals surface area (Å²) in [5, 5.41) is 6.59. The Bertz CT molecular complexity index is 5380. The van der Waals surface area contributed by atoms with Gasteiger partial charge in [0.25, 0.3) is 0 Å². The van der Waals surface area contributed by atoms with Crippen LogP contribution in [0, 0.1) is 22.8 Å². The molecule has 10 aromatic carbocycles. The number of aryl methyl sites for hydroxylation is 1. The molecule has 6 nitrogen and oxygen atoms in total. The van der Waals surface area contributed by atoms with E-state index in [9.17, 15) is 0 Å². The average Bonchev–Trinajstić information content (AvgIpc) is 1.56. The Kier molecular flexibility index (Phi) is 11.5. The summed E-state index contributed by atoms with van der Waals surface area (Å²) in [6.45, 7) is 17.8. The summed E-state index contributed by atoms with van der Waals surface area (Å²) in [5.74, 6) is 1.43. The predicted molar refractivity (Wildman–Crippen MR) is 354 cm³/mol. The first-order valence-corrected chi connectivity index (χ1v) is 30.6. The zero-order valence-corrected chi connectivity index (χ0v) is 51.9. The van der Waals surface area contributed by atoms with E-state index < -0.39 is 6.85 Å². The number of pyridine rings is 1. The maximum absolute atomic E-state index is 8.99. The van der Waals surface area contributed by atoms with E-state index >= 15 is 0 Å². The second-order valence-corrected chi connectivity index (χ2v) is 27.1. The van der Waals surface area contributed by atoms with Crippen LogP contribution in [-0.4, -0.2) is 23.1 Å². The van der Waals surface area contributed by atoms with E-state index in [2.05, 4.69) is 282 Å². The van der Waals surface area contributed by atoms with Crippen molar-refractivity contribution in [2.24, 2.45) is 0 Å². The minimum absolute atomic E-state index is 0.0670. The van der Waals surface area contributed by atoms with Gasteiger partial charge in [0, 0.05) is 37.4 Å². The molecule has 5 heterocycles. The van der Waals surface area contributed by atoms with E-state index in [-0.39, 0.29) is 21.8 Å². The first kappa shape index (κ1) is 50.3. The van der Waals surface area contributed by atoms with Gasteiger partial charge in [0.1, 0.15) is 0 Å². The maximum atomic E-state index is 8.99. The number of imidazole rings is 1. The van der Waals surface area contributed by atoms with Crippen molar-refractivity contribution in [1.29, 1.82) is 0 Å². The second-order valence-electron chi connectivity index (χ2n) is 26.0. The van der Waals surface area contributed by atoms with Gasteiger partial charge < -0.3 is 4.40 Å². The molecule has 0 aliphatic heterocycles. The third-order valence-electron chi connectivity index (χ3n) is 17.4. The smallest absolute Gasteiger partial charge is 0.0579 e. The van der Waals surface area contributed by atoms with Crippen LogP contribution in [0.5, 0.6) is 11.5 Å². The van der Waals surface area contributed by atoms with Crippen molar-refractivity contribution in [3.63, 3.8) is 0 Å². The van der Waals surface area contributed by atoms with Gasteiger partial charge in [-0.3, -0.25) is 0 Å². The van der Waals surface area contributed by atoms with Crippen molar-refractivity contribution in [2.45, 2.75) is 85.4 Å². The first-order chi connectivity index (χ1) is 42.6. The molecule has 0 radical (unpaired) electrons. The molecule has 7 heteroatoms. The fraction of sp³-hybridized carbons (Fsp3) is 0.165. The Morgan fingerprint density at radius 2 is 1.02 bits per heavy atom. The van der Waals surface area contributed by atoms with E-state index in [1.165, 1.54) is 33.0 Å². The standard InChI is InChI=1S/C79H65N5O.Pt/c1-49-39-74(80-47-67(49)51-33-35-53(36-34-51)77(2,3)4)83-71-44-58(37-38-62(71)65-45-66-64-29-20-28-63-61-25-14-15-30-68(61)84(76(63)64)73(66)46-72(65)83)85-57-24-18-23-56(43-57)81-48-82(70-32-17-16-31-69(70)81)75-59(50-21-12-11-13-22-50)26-19-27-60(75)52-40-54(78(5,6)7)42-55(41-52)79(8,9)10;/h11-42,45-47H,1-10H3;/q-2;/i1D3;. The van der Waals surface area contributed by atoms with Crippen LogP contribution in [0.2, 0.25) is 0 Å². The molecular weight excluding hydrogens is 1230 g/mol. The van der Waals surface area contributed by atoms with Crippen LogP contribution < -0.4 is 4.74 Å². The second kappa shape index (κ2) is 19.7. The summed E-state index contributed by atoms with van der Waals surface area (Å²) >= 11 is 2.49. The summed E-state index contributed by atoms with van der Waals surface area (Å²) < 4.78 is 44.0. The van der Waals surface area contributed by atoms with Crippen molar-refractivity contribution >= 4 is 70.9 Å². The summed E-state index contributed by atoms with van der Waals surface area (Å²) in [4.78, 5) is 5.18. The molecule has 5 aromatic heterocycles. The predicted octanol–water partition coefficient (Wildman–Crippen LogP) is 20.7. The van der Waals surface area contributed by atoms with Gasteiger partial charge in [-0.2, -0.15) is 0 Å². The van der Waals surface area contributed by atoms with E-state index in [1.807, 2.05) is 30.3 Å². The quantitative estimate of drug-likeness (QED) is 0.142. The molecule has 0 aliphatic carbocycles. The van der Waals surface area contributed by atoms with Crippen LogP contribution >= 0.6 is 0 Å². The van der Waals surface area contributed by atoms with Gasteiger partial charge >= 0.3 is 346 Å². The number of rotatable bonds is 8. The Hall–Kier alpha value is -9.09. The number of ether oxygens (including phenoxy) is 1. The molecule has 0 saturated heterocycles. The minimum Gasteiger partial charge on any atom is -0.0579 e. The number of benzene rings is 10. The summed E-state index contributed by atoms with van der Waals surface area (Å²) in [6, 6.07) is 80.2. The third-order valence-corrected chi connectivity index (χ3v) is 18.4. The van der Waals surface area contributed by atoms with Crippen LogP contribution in [-0.2, 0) is 35.6 Å². The summed E-state index contributed by atoms with van der Waals surface area (Å²) in [7, 11) is 0. The summed E-state index contributed by atoms with van der Waals surface area (Å²) in [5.41, 5.74) is 18.5. The third kappa shape index (κ3) is 8.70. The number of nitrogens with zero attached hydrogens (tertiary/aromatic N) is 5. The molecule has 0 unspecified atom stereocenters. The van der Waals surface area contributed by atoms with Crippen molar-refractivity contribution in [3.8, 4) is 62.1 Å². The molecule has 0 N–H and O–H groups in total. The topological polar surface area (TPSA) is 41.3 Å². The van der Waals surface area contributed by atoms with E-state index in [0.29, 0.717) is 28.4 Å². The Balaban J connectivity index is 0.901. The fourth-order valence-electron chi connectivity index (χ4n) is 12.9. The zero-order valence-electron chi connectivity index (χ0n) is 52.7. The molecule has 15 rings (SSSR count). The molecule has 0 bridgehead atoms. The van der Waals surface area contributed by atoms with Gasteiger partial charge in [-0.25, -0.2) is 0 Å². The number of hydrogen-bond donors (Lipinski definition) is 0. The molecule has 0 saturated carbocycles. The van der Waals surface area contributed by atoms with Gasteiger partial charge in [-0.15, -0.1) is 0 Å². The first-order valence-electron chi connectivity index (χ1n) is 31.0. The van der Waals surface area contributed by atoms with Crippen molar-refractivity contribution < 1.29 is 28.2 Å². The number of aromatic nitrogens is 5. The monoisotopic (exact) mass is 1300 g/mol. The van der Waals surface area contributed by atoms with Crippen LogP contribution in [0.25, 0.3) is 122 Å². The Morgan fingerprint density at radius 3 is 1.73 bits per heavy atom. The minimum atomic E-state index is -2.46. The SMILES string of the molecule is [2H]C([2H])([2H])c1cc(-n2c3[c-]c(Oc4[c-]c(-n5[c](=[Pt])n(-c6c(-c7ccccc7)cccc6-c6cc(C(C)(C)C)cc(C(C)(C)C)c6)c6ccccc65)ccc4)ccc3c3cc4c5cccc6c7ccccc7n(c4cc32)c65)ncc1-c1ccc(C(C)(C)C)cc1. The number of hydrogen-bond acceptors (Lipinski definition) is 2. The van der Waals surface area contributed by atoms with Gasteiger partial charge in [0.15, 0.2) is 0 Å². The molecule has 0 fully saturated rings. The Morgan fingerprint density at radius 1 is 0.430 bits per heavy atom. The van der Waals surface area contributed by atoms with Crippen molar-refractivity contribution in [3.05, 3.63) is 251 Å². The number of para-hydroxylation sites is 5. The molecule has 424 valence electrons. The van der Waals surface area contributed by atoms with Crippen molar-refractivity contribution in [1.82, 2.24) is 23.1 Å². The van der Waals surface area contributed by atoms with E-state index in [4.69, 9.17) is 13.8 Å². The molecule has 15 aromatic rings. The van der Waals surface area contributed by atoms with Crippen LogP contribution in [0.3, 0.4) is 0 Å². The van der Waals surface area contributed by atoms with Crippen molar-refractivity contribution in [2.75, 3.05) is 0 Å². The van der Waals surface area contributed by atoms with Gasteiger partial charge in [0.2, 0.25) is 0 Å². The van der Waals surface area contributed by atoms with Crippen LogP contribution in [0.15, 0.2) is 212 Å².